The Kier molecular flexibility index (Phi) is 5.62. The fourth-order valence-corrected chi connectivity index (χ4v) is 3.08. The van der Waals surface area contributed by atoms with Crippen LogP contribution >= 0.6 is 0 Å². The van der Waals surface area contributed by atoms with Crippen LogP contribution < -0.4 is 16.8 Å². The molecular weight excluding hydrogens is 372 g/mol. The summed E-state index contributed by atoms with van der Waals surface area (Å²) in [5.74, 6) is -2.14. The highest BCUT2D eigenvalue weighted by Gasteiger charge is 2.18. The predicted octanol–water partition coefficient (Wildman–Crippen LogP) is 0.387. The van der Waals surface area contributed by atoms with Crippen LogP contribution in [0.25, 0.3) is 0 Å². The zero-order chi connectivity index (χ0) is 20.4. The van der Waals surface area contributed by atoms with Crippen molar-refractivity contribution in [3.05, 3.63) is 59.2 Å². The van der Waals surface area contributed by atoms with E-state index >= 15 is 0 Å². The highest BCUT2D eigenvalue weighted by Crippen LogP contribution is 2.18. The molecule has 0 aliphatic carbocycles. The number of nitrogens with one attached hydrogen (secondary N) is 1. The third kappa shape index (κ3) is 4.49. The average Bonchev–Trinajstić information content (AvgIpc) is 2.61. The molecule has 0 saturated carbocycles. The summed E-state index contributed by atoms with van der Waals surface area (Å²) in [5, 5.41) is 2.52. The van der Waals surface area contributed by atoms with Crippen molar-refractivity contribution in [1.29, 1.82) is 0 Å². The molecule has 0 atom stereocenters. The summed E-state index contributed by atoms with van der Waals surface area (Å²) in [6.45, 7) is 0. The molecule has 0 radical (unpaired) electrons. The van der Waals surface area contributed by atoms with Crippen LogP contribution in [-0.2, 0) is 10.0 Å². The zero-order valence-corrected chi connectivity index (χ0v) is 15.4. The molecule has 2 aromatic rings. The van der Waals surface area contributed by atoms with Crippen LogP contribution in [0.2, 0.25) is 0 Å². The Morgan fingerprint density at radius 2 is 1.33 bits per heavy atom. The molecule has 0 fully saturated rings. The fraction of sp³-hybridized carbons (Fsp3) is 0.118. The molecule has 0 unspecified atom stereocenters. The molecule has 0 saturated heterocycles. The van der Waals surface area contributed by atoms with Gasteiger partial charge in [-0.3, -0.25) is 14.4 Å². The Morgan fingerprint density at radius 1 is 0.852 bits per heavy atom. The largest absolute Gasteiger partial charge is 0.366 e. The lowest BCUT2D eigenvalue weighted by Gasteiger charge is -2.12. The van der Waals surface area contributed by atoms with Crippen molar-refractivity contribution in [3.63, 3.8) is 0 Å². The number of nitrogens with zero attached hydrogens (tertiary/aromatic N) is 1. The van der Waals surface area contributed by atoms with Gasteiger partial charge >= 0.3 is 0 Å². The summed E-state index contributed by atoms with van der Waals surface area (Å²) in [4.78, 5) is 35.1. The van der Waals surface area contributed by atoms with E-state index in [-0.39, 0.29) is 27.3 Å². The summed E-state index contributed by atoms with van der Waals surface area (Å²) >= 11 is 0. The van der Waals surface area contributed by atoms with Crippen molar-refractivity contribution in [2.24, 2.45) is 11.5 Å². The number of anilines is 1. The molecule has 2 rings (SSSR count). The number of carbonyl (C=O) groups is 3. The first-order chi connectivity index (χ1) is 12.5. The van der Waals surface area contributed by atoms with E-state index in [0.717, 1.165) is 4.31 Å². The second-order valence-electron chi connectivity index (χ2n) is 5.79. The van der Waals surface area contributed by atoms with Crippen molar-refractivity contribution in [1.82, 2.24) is 4.31 Å². The Morgan fingerprint density at radius 3 is 1.74 bits per heavy atom. The summed E-state index contributed by atoms with van der Waals surface area (Å²) in [5.41, 5.74) is 10.8. The van der Waals surface area contributed by atoms with Crippen LogP contribution in [0.3, 0.4) is 0 Å². The summed E-state index contributed by atoms with van der Waals surface area (Å²) < 4.78 is 25.1. The molecule has 3 amide bonds. The van der Waals surface area contributed by atoms with E-state index in [4.69, 9.17) is 11.5 Å². The lowest BCUT2D eigenvalue weighted by molar-refractivity contribution is 0.0994. The molecule has 5 N–H and O–H groups in total. The predicted molar refractivity (Wildman–Crippen MR) is 98.7 cm³/mol. The number of primary amides is 2. The van der Waals surface area contributed by atoms with E-state index < -0.39 is 27.7 Å². The van der Waals surface area contributed by atoms with Crippen LogP contribution in [0.15, 0.2) is 47.4 Å². The normalized spacial score (nSPS) is 11.2. The third-order valence-corrected chi connectivity index (χ3v) is 5.48. The number of rotatable bonds is 6. The average molecular weight is 390 g/mol. The molecule has 9 nitrogen and oxygen atoms in total. The second kappa shape index (κ2) is 7.56. The molecule has 2 aromatic carbocycles. The molecule has 0 aromatic heterocycles. The molecule has 0 aliphatic heterocycles. The summed E-state index contributed by atoms with van der Waals surface area (Å²) in [7, 11) is -0.808. The van der Waals surface area contributed by atoms with Gasteiger partial charge < -0.3 is 16.8 Å². The summed E-state index contributed by atoms with van der Waals surface area (Å²) in [6, 6.07) is 9.13. The van der Waals surface area contributed by atoms with Crippen molar-refractivity contribution in [2.75, 3.05) is 19.4 Å². The van der Waals surface area contributed by atoms with Gasteiger partial charge in [0, 0.05) is 36.5 Å². The number of sulfonamides is 1. The van der Waals surface area contributed by atoms with Crippen LogP contribution in [0, 0.1) is 0 Å². The first-order valence-electron chi connectivity index (χ1n) is 7.61. The lowest BCUT2D eigenvalue weighted by Crippen LogP contribution is -2.22. The van der Waals surface area contributed by atoms with Crippen molar-refractivity contribution >= 4 is 33.4 Å². The first kappa shape index (κ1) is 20.1. The number of nitrogens with two attached hydrogens (primary N) is 2. The fourth-order valence-electron chi connectivity index (χ4n) is 2.18. The first-order valence-corrected chi connectivity index (χ1v) is 9.05. The Bertz CT molecular complexity index is 982. The number of carbonyl (C=O) groups excluding carboxylic acids is 3. The lowest BCUT2D eigenvalue weighted by atomic mass is 10.1. The highest BCUT2D eigenvalue weighted by molar-refractivity contribution is 7.89. The minimum Gasteiger partial charge on any atom is -0.366 e. The Balaban J connectivity index is 2.30. The molecule has 10 heteroatoms. The Labute approximate surface area is 156 Å². The van der Waals surface area contributed by atoms with Gasteiger partial charge in [0.25, 0.3) is 5.91 Å². The maximum absolute atomic E-state index is 12.4. The zero-order valence-electron chi connectivity index (χ0n) is 14.6. The van der Waals surface area contributed by atoms with E-state index in [1.54, 1.807) is 0 Å². The van der Waals surface area contributed by atoms with E-state index in [1.807, 2.05) is 0 Å². The smallest absolute Gasteiger partial charge is 0.255 e. The van der Waals surface area contributed by atoms with Crippen LogP contribution in [-0.4, -0.2) is 44.5 Å². The van der Waals surface area contributed by atoms with Crippen LogP contribution in [0.4, 0.5) is 5.69 Å². The Hall–Kier alpha value is -3.24. The molecule has 27 heavy (non-hydrogen) atoms. The van der Waals surface area contributed by atoms with E-state index in [1.165, 1.54) is 56.6 Å². The van der Waals surface area contributed by atoms with Gasteiger partial charge in [-0.1, -0.05) is 0 Å². The van der Waals surface area contributed by atoms with E-state index in [9.17, 15) is 22.8 Å². The minimum atomic E-state index is -3.61. The molecule has 0 bridgehead atoms. The number of amides is 3. The standard InChI is InChI=1S/C17H18N4O5S/c1-21(2)27(25,26)14-5-3-10(4-6-14)17(24)20-13-8-11(15(18)22)7-12(9-13)16(19)23/h3-9H,1-2H3,(H2,18,22)(H2,19,23)(H,20,24). The summed E-state index contributed by atoms with van der Waals surface area (Å²) in [6.07, 6.45) is 0. The third-order valence-electron chi connectivity index (χ3n) is 3.65. The molecule has 0 heterocycles. The SMILES string of the molecule is CN(C)S(=O)(=O)c1ccc(C(=O)Nc2cc(C(N)=O)cc(C(N)=O)c2)cc1. The topological polar surface area (TPSA) is 153 Å². The van der Waals surface area contributed by atoms with Gasteiger partial charge in [-0.2, -0.15) is 0 Å². The van der Waals surface area contributed by atoms with Crippen LogP contribution in [0.1, 0.15) is 31.1 Å². The number of benzene rings is 2. The van der Waals surface area contributed by atoms with E-state index in [2.05, 4.69) is 5.32 Å². The van der Waals surface area contributed by atoms with Gasteiger partial charge in [-0.15, -0.1) is 0 Å². The van der Waals surface area contributed by atoms with Gasteiger partial charge in [0.05, 0.1) is 4.90 Å². The second-order valence-corrected chi connectivity index (χ2v) is 7.95. The molecule has 0 spiro atoms. The van der Waals surface area contributed by atoms with Crippen LogP contribution in [0.5, 0.6) is 0 Å². The molecule has 0 aliphatic rings. The minimum absolute atomic E-state index is 0.00836. The quantitative estimate of drug-likeness (QED) is 0.651. The molecule has 142 valence electrons. The monoisotopic (exact) mass is 390 g/mol. The van der Waals surface area contributed by atoms with Gasteiger partial charge in [-0.05, 0) is 42.5 Å². The van der Waals surface area contributed by atoms with Gasteiger partial charge in [-0.25, -0.2) is 12.7 Å². The maximum Gasteiger partial charge on any atom is 0.255 e. The highest BCUT2D eigenvalue weighted by atomic mass is 32.2. The van der Waals surface area contributed by atoms with Crippen molar-refractivity contribution in [3.8, 4) is 0 Å². The number of hydrogen-bond donors (Lipinski definition) is 3. The molecular formula is C17H18N4O5S. The van der Waals surface area contributed by atoms with E-state index in [0.29, 0.717) is 0 Å². The van der Waals surface area contributed by atoms with Crippen molar-refractivity contribution < 1.29 is 22.8 Å². The van der Waals surface area contributed by atoms with Gasteiger partial charge in [0.1, 0.15) is 0 Å². The number of hydrogen-bond acceptors (Lipinski definition) is 5. The van der Waals surface area contributed by atoms with Gasteiger partial charge in [0.2, 0.25) is 21.8 Å². The van der Waals surface area contributed by atoms with Crippen molar-refractivity contribution in [2.45, 2.75) is 4.90 Å². The van der Waals surface area contributed by atoms with Gasteiger partial charge in [0.15, 0.2) is 0 Å². The maximum atomic E-state index is 12.4.